The molecular weight excluding hydrogens is 462 g/mol. The van der Waals surface area contributed by atoms with Crippen molar-refractivity contribution in [2.45, 2.75) is 96.3 Å². The SMILES string of the molecule is CCCCCCCCCCCCOC(=O)C(CC(=O)OOCC)(OCC)S(=O)(=O)O.[NaH].[NaH]. The molecule has 0 aromatic heterocycles. The zero-order chi connectivity index (χ0) is 22.9. The van der Waals surface area contributed by atoms with Crippen molar-refractivity contribution in [2.24, 2.45) is 0 Å². The van der Waals surface area contributed by atoms with Gasteiger partial charge in [-0.3, -0.25) is 9.44 Å². The zero-order valence-electron chi connectivity index (χ0n) is 18.5. The van der Waals surface area contributed by atoms with Crippen LogP contribution < -0.4 is 0 Å². The van der Waals surface area contributed by atoms with Gasteiger partial charge in [-0.05, 0) is 20.3 Å². The monoisotopic (exact) mass is 502 g/mol. The molecule has 0 spiro atoms. The molecule has 0 aliphatic rings. The molecule has 182 valence electrons. The second kappa shape index (κ2) is 22.2. The molecule has 12 heteroatoms. The van der Waals surface area contributed by atoms with Crippen LogP contribution in [0.1, 0.15) is 91.4 Å². The Balaban J connectivity index is -0.00000420. The molecule has 0 radical (unpaired) electrons. The van der Waals surface area contributed by atoms with Crippen molar-refractivity contribution in [1.82, 2.24) is 0 Å². The molecule has 0 heterocycles. The maximum atomic E-state index is 12.4. The molecule has 0 aliphatic carbocycles. The Labute approximate surface area is 237 Å². The third-order valence-corrected chi connectivity index (χ3v) is 5.75. The van der Waals surface area contributed by atoms with E-state index in [9.17, 15) is 22.6 Å². The van der Waals surface area contributed by atoms with Crippen molar-refractivity contribution in [3.63, 3.8) is 0 Å². The maximum absolute atomic E-state index is 12.4. The average molecular weight is 503 g/mol. The standard InChI is InChI=1S/C20H38O9S.2Na.2H/c1-4-7-8-9-10-11-12-13-14-15-16-26-19(22)20(27-5-2,30(23,24)25)17-18(21)29-28-6-3;;;;/h4-17H2,1-3H3,(H,23,24,25);;;;. The first kappa shape index (κ1) is 37.3. The van der Waals surface area contributed by atoms with Crippen molar-refractivity contribution in [3.8, 4) is 0 Å². The quantitative estimate of drug-likeness (QED) is 0.0708. The predicted molar refractivity (Wildman–Crippen MR) is 125 cm³/mol. The molecule has 0 amide bonds. The van der Waals surface area contributed by atoms with E-state index < -0.39 is 33.4 Å². The minimum absolute atomic E-state index is 0. The second-order valence-electron chi connectivity index (χ2n) is 7.02. The summed E-state index contributed by atoms with van der Waals surface area (Å²) >= 11 is 0. The van der Waals surface area contributed by atoms with E-state index in [-0.39, 0.29) is 78.9 Å². The van der Waals surface area contributed by atoms with E-state index in [1.165, 1.54) is 45.4 Å². The summed E-state index contributed by atoms with van der Waals surface area (Å²) in [4.78, 5) is 30.1. The third-order valence-electron chi connectivity index (χ3n) is 4.48. The molecule has 0 rings (SSSR count). The van der Waals surface area contributed by atoms with E-state index in [0.717, 1.165) is 19.3 Å². The van der Waals surface area contributed by atoms with Crippen molar-refractivity contribution >= 4 is 81.2 Å². The summed E-state index contributed by atoms with van der Waals surface area (Å²) in [5.41, 5.74) is 0. The fourth-order valence-electron chi connectivity index (χ4n) is 2.89. The molecule has 0 aromatic carbocycles. The van der Waals surface area contributed by atoms with Crippen LogP contribution in [0, 0.1) is 0 Å². The van der Waals surface area contributed by atoms with Crippen LogP contribution in [0.15, 0.2) is 0 Å². The molecule has 0 fully saturated rings. The number of carbonyl (C=O) groups is 2. The van der Waals surface area contributed by atoms with E-state index in [1.54, 1.807) is 6.92 Å². The Morgan fingerprint density at radius 3 is 1.75 bits per heavy atom. The number of unbranched alkanes of at least 4 members (excludes halogenated alkanes) is 9. The minimum atomic E-state index is -5.13. The van der Waals surface area contributed by atoms with Crippen LogP contribution in [-0.2, 0) is 39.0 Å². The van der Waals surface area contributed by atoms with Crippen LogP contribution >= 0.6 is 0 Å². The Morgan fingerprint density at radius 2 is 1.31 bits per heavy atom. The molecule has 32 heavy (non-hydrogen) atoms. The van der Waals surface area contributed by atoms with Crippen molar-refractivity contribution < 1.29 is 41.8 Å². The zero-order valence-corrected chi connectivity index (χ0v) is 19.3. The normalized spacial score (nSPS) is 12.8. The van der Waals surface area contributed by atoms with Crippen LogP contribution in [0.4, 0.5) is 0 Å². The third kappa shape index (κ3) is 15.6. The molecule has 0 bridgehead atoms. The fourth-order valence-corrected chi connectivity index (χ4v) is 3.73. The summed E-state index contributed by atoms with van der Waals surface area (Å²) in [6.45, 7) is 4.89. The van der Waals surface area contributed by atoms with E-state index in [2.05, 4.69) is 16.7 Å². The topological polar surface area (TPSA) is 125 Å². The number of ether oxygens (including phenoxy) is 2. The summed E-state index contributed by atoms with van der Waals surface area (Å²) in [5.74, 6) is -2.53. The molecule has 9 nitrogen and oxygen atoms in total. The Kier molecular flexibility index (Phi) is 25.9. The van der Waals surface area contributed by atoms with Gasteiger partial charge in [-0.2, -0.15) is 13.3 Å². The van der Waals surface area contributed by atoms with Crippen molar-refractivity contribution in [2.75, 3.05) is 19.8 Å². The summed E-state index contributed by atoms with van der Waals surface area (Å²) in [5, 5.41) is 0. The van der Waals surface area contributed by atoms with Crippen LogP contribution in [0.3, 0.4) is 0 Å². The number of hydrogen-bond donors (Lipinski definition) is 1. The van der Waals surface area contributed by atoms with Gasteiger partial charge < -0.3 is 9.47 Å². The second-order valence-corrected chi connectivity index (χ2v) is 8.63. The summed E-state index contributed by atoms with van der Waals surface area (Å²) < 4.78 is 43.3. The molecule has 1 N–H and O–H groups in total. The van der Waals surface area contributed by atoms with E-state index in [0.29, 0.717) is 6.42 Å². The van der Waals surface area contributed by atoms with E-state index in [4.69, 9.17) is 9.47 Å². The van der Waals surface area contributed by atoms with Gasteiger partial charge in [0.1, 0.15) is 6.42 Å². The number of esters is 1. The van der Waals surface area contributed by atoms with Gasteiger partial charge >= 0.3 is 86.1 Å². The molecule has 0 saturated carbocycles. The summed E-state index contributed by atoms with van der Waals surface area (Å²) in [6, 6.07) is 0. The molecule has 1 atom stereocenters. The molecular formula is C20H40Na2O9S. The van der Waals surface area contributed by atoms with Gasteiger partial charge in [0.15, 0.2) is 0 Å². The van der Waals surface area contributed by atoms with Gasteiger partial charge in [-0.15, -0.1) is 0 Å². The van der Waals surface area contributed by atoms with Gasteiger partial charge in [0, 0.05) is 6.61 Å². The van der Waals surface area contributed by atoms with Gasteiger partial charge in [0.05, 0.1) is 13.2 Å². The molecule has 1 unspecified atom stereocenters. The predicted octanol–water partition coefficient (Wildman–Crippen LogP) is 2.66. The Morgan fingerprint density at radius 1 is 0.812 bits per heavy atom. The van der Waals surface area contributed by atoms with Gasteiger partial charge in [0.2, 0.25) is 0 Å². The first-order chi connectivity index (χ1) is 14.2. The van der Waals surface area contributed by atoms with Crippen LogP contribution in [0.5, 0.6) is 0 Å². The van der Waals surface area contributed by atoms with Crippen LogP contribution in [0.2, 0.25) is 0 Å². The van der Waals surface area contributed by atoms with Crippen molar-refractivity contribution in [3.05, 3.63) is 0 Å². The summed E-state index contributed by atoms with van der Waals surface area (Å²) in [7, 11) is -5.13. The number of carbonyl (C=O) groups excluding carboxylic acids is 2. The average Bonchev–Trinajstić information content (AvgIpc) is 2.69. The molecule has 0 aromatic rings. The number of rotatable bonds is 19. The first-order valence-electron chi connectivity index (χ1n) is 10.9. The van der Waals surface area contributed by atoms with Gasteiger partial charge in [0.25, 0.3) is 0 Å². The Bertz CT molecular complexity index is 588. The molecule has 0 aliphatic heterocycles. The molecule has 0 saturated heterocycles. The fraction of sp³-hybridized carbons (Fsp3) is 0.900. The van der Waals surface area contributed by atoms with Crippen LogP contribution in [-0.4, -0.2) is 109 Å². The summed E-state index contributed by atoms with van der Waals surface area (Å²) in [6.07, 6.45) is 9.79. The van der Waals surface area contributed by atoms with E-state index >= 15 is 0 Å². The number of hydrogen-bond acceptors (Lipinski definition) is 8. The van der Waals surface area contributed by atoms with E-state index in [1.807, 2.05) is 0 Å². The van der Waals surface area contributed by atoms with Crippen LogP contribution in [0.25, 0.3) is 0 Å². The van der Waals surface area contributed by atoms with Gasteiger partial charge in [-0.25, -0.2) is 9.59 Å². The first-order valence-corrected chi connectivity index (χ1v) is 12.3. The van der Waals surface area contributed by atoms with Gasteiger partial charge in [-0.1, -0.05) is 64.7 Å². The Hall–Kier alpha value is 0.770. The van der Waals surface area contributed by atoms with Crippen molar-refractivity contribution in [1.29, 1.82) is 0 Å².